The van der Waals surface area contributed by atoms with Crippen LogP contribution in [0.5, 0.6) is 17.2 Å². The number of fused-ring (bicyclic) bond motifs is 2. The van der Waals surface area contributed by atoms with E-state index in [4.69, 9.17) is 19.5 Å². The summed E-state index contributed by atoms with van der Waals surface area (Å²) >= 11 is 0. The Labute approximate surface area is 109 Å². The van der Waals surface area contributed by atoms with Crippen molar-refractivity contribution in [3.63, 3.8) is 0 Å². The Morgan fingerprint density at radius 1 is 1.20 bits per heavy atom. The summed E-state index contributed by atoms with van der Waals surface area (Å²) in [7, 11) is 0. The Bertz CT molecular complexity index is 625. The molecule has 106 valence electrons. The van der Waals surface area contributed by atoms with Crippen LogP contribution < -0.4 is 20.1 Å². The van der Waals surface area contributed by atoms with Crippen LogP contribution in [0.1, 0.15) is 5.56 Å². The van der Waals surface area contributed by atoms with Gasteiger partial charge in [-0.3, -0.25) is 0 Å². The number of carboxylic acid groups (broad SMARTS) is 1. The number of carboxylic acids is 1. The van der Waals surface area contributed by atoms with Gasteiger partial charge in [0, 0.05) is 17.3 Å². The monoisotopic (exact) mass is 289 g/mol. The number of rotatable bonds is 1. The molecule has 2 N–H and O–H groups in total. The van der Waals surface area contributed by atoms with Crippen LogP contribution in [0.15, 0.2) is 17.7 Å². The molecular formula is C11H6F3NO5. The van der Waals surface area contributed by atoms with Crippen molar-refractivity contribution in [2.45, 2.75) is 12.3 Å². The van der Waals surface area contributed by atoms with E-state index in [1.165, 1.54) is 12.1 Å². The quantitative estimate of drug-likeness (QED) is 0.819. The maximum absolute atomic E-state index is 12.8. The number of halogens is 3. The molecule has 1 atom stereocenters. The summed E-state index contributed by atoms with van der Waals surface area (Å²) in [6, 6.07) is 2.51. The zero-order valence-electron chi connectivity index (χ0n) is 9.52. The molecule has 3 rings (SSSR count). The average Bonchev–Trinajstić information content (AvgIpc) is 2.80. The zero-order valence-corrected chi connectivity index (χ0v) is 9.52. The van der Waals surface area contributed by atoms with Gasteiger partial charge >= 0.3 is 12.1 Å². The lowest BCUT2D eigenvalue weighted by Gasteiger charge is -2.26. The number of hydrogen-bond acceptors (Lipinski definition) is 5. The summed E-state index contributed by atoms with van der Waals surface area (Å²) in [5, 5.41) is 8.87. The first-order chi connectivity index (χ1) is 9.36. The molecule has 1 unspecified atom stereocenters. The number of carbonyl (C=O) groups is 1. The summed E-state index contributed by atoms with van der Waals surface area (Å²) in [5.41, 5.74) is 1.34. The van der Waals surface area contributed by atoms with E-state index in [1.54, 1.807) is 0 Å². The lowest BCUT2D eigenvalue weighted by atomic mass is 10.0. The van der Waals surface area contributed by atoms with Gasteiger partial charge in [0.2, 0.25) is 6.10 Å². The summed E-state index contributed by atoms with van der Waals surface area (Å²) < 4.78 is 43.2. The second-order valence-electron chi connectivity index (χ2n) is 4.07. The molecule has 0 bridgehead atoms. The molecule has 0 aromatic heterocycles. The number of alkyl halides is 3. The van der Waals surface area contributed by atoms with Crippen molar-refractivity contribution in [3.8, 4) is 17.2 Å². The first-order valence-corrected chi connectivity index (χ1v) is 5.31. The highest BCUT2D eigenvalue weighted by molar-refractivity contribution is 5.95. The van der Waals surface area contributed by atoms with Gasteiger partial charge in [0.05, 0.1) is 5.57 Å². The topological polar surface area (TPSA) is 77.0 Å². The molecule has 0 saturated carbocycles. The Balaban J connectivity index is 2.10. The van der Waals surface area contributed by atoms with Crippen LogP contribution in [0.2, 0.25) is 0 Å². The smallest absolute Gasteiger partial charge is 0.430 e. The number of hydrogen-bond donors (Lipinski definition) is 2. The lowest BCUT2D eigenvalue weighted by Crippen LogP contribution is -2.40. The number of nitrogens with one attached hydrogen (secondary N) is 1. The van der Waals surface area contributed by atoms with E-state index in [0.717, 1.165) is 6.08 Å². The highest BCUT2D eigenvalue weighted by atomic mass is 19.4. The molecule has 2 aliphatic heterocycles. The fourth-order valence-corrected chi connectivity index (χ4v) is 1.89. The molecule has 0 spiro atoms. The minimum absolute atomic E-state index is 0.136. The highest BCUT2D eigenvalue weighted by Crippen LogP contribution is 2.43. The molecule has 0 radical (unpaired) electrons. The Morgan fingerprint density at radius 3 is 2.45 bits per heavy atom. The van der Waals surface area contributed by atoms with E-state index in [-0.39, 0.29) is 22.8 Å². The third-order valence-corrected chi connectivity index (χ3v) is 2.76. The molecule has 0 aliphatic carbocycles. The van der Waals surface area contributed by atoms with Gasteiger partial charge in [0.1, 0.15) is 5.75 Å². The highest BCUT2D eigenvalue weighted by Gasteiger charge is 2.48. The third kappa shape index (κ3) is 1.92. The summed E-state index contributed by atoms with van der Waals surface area (Å²) in [6.07, 6.45) is -6.46. The van der Waals surface area contributed by atoms with E-state index in [0.29, 0.717) is 0 Å². The molecular weight excluding hydrogens is 283 g/mol. The van der Waals surface area contributed by atoms with Crippen LogP contribution in [-0.2, 0) is 4.79 Å². The lowest BCUT2D eigenvalue weighted by molar-refractivity contribution is -0.187. The van der Waals surface area contributed by atoms with Crippen LogP contribution in [-0.4, -0.2) is 23.4 Å². The van der Waals surface area contributed by atoms with E-state index < -0.39 is 23.8 Å². The number of aliphatic carboxylic acids is 1. The van der Waals surface area contributed by atoms with Gasteiger partial charge in [-0.05, 0) is 12.1 Å². The standard InChI is InChI=1S/C11H6F3NO5/c12-11(13,14)9-5(10(16)17)1-4-2-7-8(20-15-19-7)3-6(4)18-9/h1-3,9,15H,(H,16,17). The molecule has 0 amide bonds. The molecule has 0 fully saturated rings. The maximum Gasteiger partial charge on any atom is 0.430 e. The SMILES string of the molecule is O=C(O)C1=Cc2cc3c(cc2OC1C(F)(F)F)ONO3. The van der Waals surface area contributed by atoms with Crippen molar-refractivity contribution in [2.75, 3.05) is 0 Å². The summed E-state index contributed by atoms with van der Waals surface area (Å²) in [5.74, 6) is -1.47. The zero-order chi connectivity index (χ0) is 14.5. The van der Waals surface area contributed by atoms with Crippen molar-refractivity contribution in [1.29, 1.82) is 0 Å². The maximum atomic E-state index is 12.8. The van der Waals surface area contributed by atoms with E-state index in [1.807, 2.05) is 0 Å². The second-order valence-corrected chi connectivity index (χ2v) is 4.07. The van der Waals surface area contributed by atoms with Crippen LogP contribution >= 0.6 is 0 Å². The molecule has 6 nitrogen and oxygen atoms in total. The van der Waals surface area contributed by atoms with Crippen molar-refractivity contribution in [1.82, 2.24) is 5.64 Å². The van der Waals surface area contributed by atoms with Crippen LogP contribution in [0.3, 0.4) is 0 Å². The van der Waals surface area contributed by atoms with Crippen LogP contribution in [0.25, 0.3) is 6.08 Å². The van der Waals surface area contributed by atoms with Gasteiger partial charge in [0.15, 0.2) is 11.5 Å². The molecule has 9 heteroatoms. The van der Waals surface area contributed by atoms with Gasteiger partial charge in [0.25, 0.3) is 0 Å². The van der Waals surface area contributed by atoms with E-state index in [9.17, 15) is 18.0 Å². The number of benzene rings is 1. The van der Waals surface area contributed by atoms with Gasteiger partial charge in [-0.1, -0.05) is 0 Å². The van der Waals surface area contributed by atoms with E-state index in [2.05, 4.69) is 5.64 Å². The van der Waals surface area contributed by atoms with Crippen molar-refractivity contribution in [3.05, 3.63) is 23.3 Å². The summed E-state index contributed by atoms with van der Waals surface area (Å²) in [4.78, 5) is 20.6. The molecule has 20 heavy (non-hydrogen) atoms. The Hall–Kier alpha value is -2.42. The molecule has 0 saturated heterocycles. The average molecular weight is 289 g/mol. The fraction of sp³-hybridized carbons (Fsp3) is 0.182. The predicted octanol–water partition coefficient (Wildman–Crippen LogP) is 1.67. The summed E-state index contributed by atoms with van der Waals surface area (Å²) in [6.45, 7) is 0. The first kappa shape index (κ1) is 12.6. The normalized spacial score (nSPS) is 19.9. The second kappa shape index (κ2) is 4.04. The van der Waals surface area contributed by atoms with E-state index >= 15 is 0 Å². The van der Waals surface area contributed by atoms with Crippen LogP contribution in [0, 0.1) is 0 Å². The molecule has 1 aromatic carbocycles. The van der Waals surface area contributed by atoms with Gasteiger partial charge in [-0.15, -0.1) is 0 Å². The van der Waals surface area contributed by atoms with Crippen LogP contribution in [0.4, 0.5) is 13.2 Å². The minimum atomic E-state index is -4.84. The fourth-order valence-electron chi connectivity index (χ4n) is 1.89. The first-order valence-electron chi connectivity index (χ1n) is 5.31. The van der Waals surface area contributed by atoms with Gasteiger partial charge < -0.3 is 19.5 Å². The van der Waals surface area contributed by atoms with Gasteiger partial charge in [-0.25, -0.2) is 4.79 Å². The number of ether oxygens (including phenoxy) is 1. The third-order valence-electron chi connectivity index (χ3n) is 2.76. The Morgan fingerprint density at radius 2 is 1.85 bits per heavy atom. The van der Waals surface area contributed by atoms with Crippen molar-refractivity contribution >= 4 is 12.0 Å². The minimum Gasteiger partial charge on any atom is -0.478 e. The predicted molar refractivity (Wildman–Crippen MR) is 56.9 cm³/mol. The van der Waals surface area contributed by atoms with Gasteiger partial charge in [-0.2, -0.15) is 13.2 Å². The molecule has 2 heterocycles. The molecule has 1 aromatic rings. The Kier molecular flexibility index (Phi) is 2.54. The largest absolute Gasteiger partial charge is 0.478 e. The van der Waals surface area contributed by atoms with Crippen molar-refractivity contribution < 1.29 is 37.5 Å². The molecule has 2 aliphatic rings. The van der Waals surface area contributed by atoms with Crippen molar-refractivity contribution in [2.24, 2.45) is 0 Å².